The van der Waals surface area contributed by atoms with E-state index in [4.69, 9.17) is 38.3 Å². The molecule has 0 saturated heterocycles. The zero-order valence-corrected chi connectivity index (χ0v) is 36.0. The molecule has 12 nitrogen and oxygen atoms in total. The van der Waals surface area contributed by atoms with Gasteiger partial charge < -0.3 is 42.0 Å². The van der Waals surface area contributed by atoms with Crippen molar-refractivity contribution in [2.75, 3.05) is 39.9 Å². The van der Waals surface area contributed by atoms with Gasteiger partial charge in [-0.3, -0.25) is 19.2 Å². The number of ether oxygens (including phenoxy) is 2. The lowest BCUT2D eigenvalue weighted by atomic mass is 9.79. The van der Waals surface area contributed by atoms with E-state index in [0.717, 1.165) is 16.7 Å². The Hall–Kier alpha value is -5.53. The SMILES string of the molecule is C=C(O)[C@@H]1Cc2ccc(OCCN)c(c2)-c2cc(ccc2OCCN)[C@](C)(N(C)C(=O)[C@H](CCCCN)CC(=O)c2ccc(-c3ccc(Cl)cc3)cc2)C(=O)C[C@@H](C)C(=O)N1. The average molecular weight is 852 g/mol. The maximum atomic E-state index is 15.0. The largest absolute Gasteiger partial charge is 0.511 e. The van der Waals surface area contributed by atoms with Gasteiger partial charge in [-0.2, -0.15) is 0 Å². The van der Waals surface area contributed by atoms with Crippen LogP contribution in [0.1, 0.15) is 67.4 Å². The number of nitrogens with one attached hydrogen (secondary N) is 1. The van der Waals surface area contributed by atoms with Crippen LogP contribution in [0.3, 0.4) is 0 Å². The standard InChI is InChI=1S/C48H58ClN5O7/c1-30-25-45(57)48(3,54(4)47(59)36(7-5-6-20-50)28-42(56)35-11-9-33(10-12-35)34-13-16-38(49)17-14-34)37-15-19-44(61-24-22-52)40(29-37)39-26-32(8-18-43(39)60-23-21-51)27-41(31(2)55)53-46(30)58/h8-19,26,29-30,36,41,55H,2,5-7,20-25,27-28,50-52H2,1,3-4H3,(H,53,58)/t30-,36-,41+,48+/m1/s1. The van der Waals surface area contributed by atoms with Crippen molar-refractivity contribution in [1.29, 1.82) is 0 Å². The fourth-order valence-electron chi connectivity index (χ4n) is 7.64. The van der Waals surface area contributed by atoms with Gasteiger partial charge in [0.15, 0.2) is 11.6 Å². The number of Topliss-reactive ketones (excluding diaryl/α,β-unsaturated/α-hetero) is 2. The Morgan fingerprint density at radius 3 is 2.05 bits per heavy atom. The zero-order valence-electron chi connectivity index (χ0n) is 35.3. The van der Waals surface area contributed by atoms with Gasteiger partial charge in [0.2, 0.25) is 11.8 Å². The first-order valence-corrected chi connectivity index (χ1v) is 21.1. The molecule has 8 N–H and O–H groups in total. The molecule has 0 fully saturated rings. The van der Waals surface area contributed by atoms with Gasteiger partial charge in [0.05, 0.1) is 6.04 Å². The van der Waals surface area contributed by atoms with Gasteiger partial charge in [0.1, 0.15) is 36.0 Å². The van der Waals surface area contributed by atoms with Crippen molar-refractivity contribution < 1.29 is 33.8 Å². The number of ketones is 2. The Morgan fingerprint density at radius 2 is 1.46 bits per heavy atom. The van der Waals surface area contributed by atoms with Gasteiger partial charge in [-0.15, -0.1) is 0 Å². The van der Waals surface area contributed by atoms with Crippen molar-refractivity contribution in [3.8, 4) is 33.8 Å². The molecule has 4 bridgehead atoms. The Labute approximate surface area is 363 Å². The summed E-state index contributed by atoms with van der Waals surface area (Å²) in [5, 5.41) is 14.1. The maximum absolute atomic E-state index is 15.0. The van der Waals surface area contributed by atoms with Crippen LogP contribution in [0.25, 0.3) is 22.3 Å². The molecule has 4 aromatic rings. The Kier molecular flexibility index (Phi) is 16.3. The number of benzene rings is 4. The normalized spacial score (nSPS) is 18.3. The van der Waals surface area contributed by atoms with E-state index >= 15 is 0 Å². The molecule has 61 heavy (non-hydrogen) atoms. The van der Waals surface area contributed by atoms with Crippen molar-refractivity contribution in [3.63, 3.8) is 0 Å². The van der Waals surface area contributed by atoms with Crippen LogP contribution >= 0.6 is 11.6 Å². The number of aliphatic hydroxyl groups is 1. The molecule has 1 aliphatic rings. The molecule has 5 rings (SSSR count). The highest BCUT2D eigenvalue weighted by Gasteiger charge is 2.45. The number of aliphatic hydroxyl groups excluding tert-OH is 1. The van der Waals surface area contributed by atoms with Crippen molar-refractivity contribution in [1.82, 2.24) is 10.2 Å². The van der Waals surface area contributed by atoms with E-state index in [1.807, 2.05) is 36.4 Å². The lowest BCUT2D eigenvalue weighted by molar-refractivity contribution is -0.148. The summed E-state index contributed by atoms with van der Waals surface area (Å²) < 4.78 is 12.3. The van der Waals surface area contributed by atoms with Gasteiger partial charge in [0, 0.05) is 66.5 Å². The molecule has 0 radical (unpaired) electrons. The third-order valence-corrected chi connectivity index (χ3v) is 11.7. The third kappa shape index (κ3) is 11.2. The van der Waals surface area contributed by atoms with Crippen LogP contribution in [0, 0.1) is 11.8 Å². The van der Waals surface area contributed by atoms with Crippen LogP contribution in [0.2, 0.25) is 5.02 Å². The minimum Gasteiger partial charge on any atom is -0.511 e. The summed E-state index contributed by atoms with van der Waals surface area (Å²) in [5.74, 6) is -2.48. The lowest BCUT2D eigenvalue weighted by Gasteiger charge is -2.41. The molecule has 0 unspecified atom stereocenters. The first-order valence-electron chi connectivity index (χ1n) is 20.7. The molecule has 0 spiro atoms. The van der Waals surface area contributed by atoms with Crippen LogP contribution in [-0.2, 0) is 26.3 Å². The van der Waals surface area contributed by atoms with E-state index in [1.54, 1.807) is 69.4 Å². The topological polar surface area (TPSA) is 200 Å². The number of carbonyl (C=O) groups is 4. The van der Waals surface area contributed by atoms with Crippen molar-refractivity contribution >= 4 is 35.0 Å². The third-order valence-electron chi connectivity index (χ3n) is 11.4. The smallest absolute Gasteiger partial charge is 0.226 e. The molecule has 0 aromatic heterocycles. The number of rotatable bonds is 17. The highest BCUT2D eigenvalue weighted by Crippen LogP contribution is 2.42. The fraction of sp³-hybridized carbons (Fsp3) is 0.375. The Morgan fingerprint density at radius 1 is 0.869 bits per heavy atom. The summed E-state index contributed by atoms with van der Waals surface area (Å²) in [6, 6.07) is 24.5. The molecule has 13 heteroatoms. The van der Waals surface area contributed by atoms with Crippen molar-refractivity contribution in [2.45, 2.75) is 64.0 Å². The molecule has 0 aliphatic carbocycles. The molecular formula is C48H58ClN5O7. The maximum Gasteiger partial charge on any atom is 0.226 e. The molecular weight excluding hydrogens is 794 g/mol. The molecule has 2 amide bonds. The minimum atomic E-state index is -1.65. The molecule has 324 valence electrons. The minimum absolute atomic E-state index is 0.102. The van der Waals surface area contributed by atoms with Crippen LogP contribution in [0.5, 0.6) is 11.5 Å². The van der Waals surface area contributed by atoms with Gasteiger partial charge in [-0.25, -0.2) is 0 Å². The number of unbranched alkanes of at least 4 members (excludes halogenated alkanes) is 1. The summed E-state index contributed by atoms with van der Waals surface area (Å²) in [7, 11) is 1.57. The number of likely N-dealkylation sites (N-methyl/N-ethyl adjacent to an activating group) is 1. The van der Waals surface area contributed by atoms with Crippen LogP contribution < -0.4 is 32.0 Å². The van der Waals surface area contributed by atoms with Gasteiger partial charge in [-0.1, -0.05) is 80.1 Å². The van der Waals surface area contributed by atoms with Crippen molar-refractivity contribution in [3.05, 3.63) is 119 Å². The number of fused-ring (bicyclic) bond motifs is 5. The van der Waals surface area contributed by atoms with E-state index in [-0.39, 0.29) is 57.1 Å². The summed E-state index contributed by atoms with van der Waals surface area (Å²) in [6.07, 6.45) is 1.42. The molecule has 1 aliphatic heterocycles. The van der Waals surface area contributed by atoms with Crippen LogP contribution in [-0.4, -0.2) is 79.3 Å². The Balaban J connectivity index is 1.61. The van der Waals surface area contributed by atoms with Gasteiger partial charge >= 0.3 is 0 Å². The number of halogens is 1. The lowest BCUT2D eigenvalue weighted by Crippen LogP contribution is -2.53. The molecule has 0 saturated carbocycles. The van der Waals surface area contributed by atoms with E-state index in [0.29, 0.717) is 64.6 Å². The molecule has 4 aromatic carbocycles. The predicted octanol–water partition coefficient (Wildman–Crippen LogP) is 6.75. The van der Waals surface area contributed by atoms with Gasteiger partial charge in [0.25, 0.3) is 0 Å². The first-order chi connectivity index (χ1) is 29.2. The molecule has 1 heterocycles. The number of nitrogens with zero attached hydrogens (tertiary/aromatic N) is 1. The average Bonchev–Trinajstić information content (AvgIpc) is 3.26. The van der Waals surface area contributed by atoms with E-state index in [1.165, 1.54) is 4.90 Å². The second kappa shape index (κ2) is 21.3. The predicted molar refractivity (Wildman–Crippen MR) is 240 cm³/mol. The number of nitrogens with two attached hydrogens (primary N) is 3. The van der Waals surface area contributed by atoms with E-state index < -0.39 is 41.0 Å². The number of hydrogen-bond donors (Lipinski definition) is 5. The fourth-order valence-corrected chi connectivity index (χ4v) is 7.76. The molecule has 4 atom stereocenters. The highest BCUT2D eigenvalue weighted by molar-refractivity contribution is 6.30. The van der Waals surface area contributed by atoms with Crippen molar-refractivity contribution in [2.24, 2.45) is 29.0 Å². The second-order valence-electron chi connectivity index (χ2n) is 15.8. The summed E-state index contributed by atoms with van der Waals surface area (Å²) >= 11 is 6.08. The number of hydrogen-bond acceptors (Lipinski definition) is 10. The number of amides is 2. The monoisotopic (exact) mass is 851 g/mol. The van der Waals surface area contributed by atoms with Gasteiger partial charge in [-0.05, 0) is 91.4 Å². The first kappa shape index (κ1) is 46.5. The zero-order chi connectivity index (χ0) is 44.3. The summed E-state index contributed by atoms with van der Waals surface area (Å²) in [5.41, 5.74) is 20.6. The van der Waals surface area contributed by atoms with E-state index in [9.17, 15) is 24.3 Å². The second-order valence-corrected chi connectivity index (χ2v) is 16.2. The number of carbonyl (C=O) groups excluding carboxylic acids is 4. The van der Waals surface area contributed by atoms with Crippen LogP contribution in [0.15, 0.2) is 97.3 Å². The Bertz CT molecular complexity index is 2200. The highest BCUT2D eigenvalue weighted by atomic mass is 35.5. The summed E-state index contributed by atoms with van der Waals surface area (Å²) in [6.45, 7) is 8.30. The van der Waals surface area contributed by atoms with E-state index in [2.05, 4.69) is 11.9 Å². The summed E-state index contributed by atoms with van der Waals surface area (Å²) in [4.78, 5) is 59.0. The quantitative estimate of drug-likeness (QED) is 0.0430. The van der Waals surface area contributed by atoms with Crippen LogP contribution in [0.4, 0.5) is 0 Å².